The lowest BCUT2D eigenvalue weighted by Crippen LogP contribution is -2.52. The number of hydrogen-bond donors (Lipinski definition) is 1. The summed E-state index contributed by atoms with van der Waals surface area (Å²) in [6.45, 7) is 2.27. The Balaban J connectivity index is 2.06. The van der Waals surface area contributed by atoms with Crippen molar-refractivity contribution in [3.8, 4) is 0 Å². The Labute approximate surface area is 115 Å². The van der Waals surface area contributed by atoms with E-state index in [1.165, 1.54) is 24.2 Å². The Hall–Kier alpha value is -0.350. The van der Waals surface area contributed by atoms with Crippen molar-refractivity contribution in [1.82, 2.24) is 5.32 Å². The summed E-state index contributed by atoms with van der Waals surface area (Å²) in [7, 11) is 0. The van der Waals surface area contributed by atoms with Crippen molar-refractivity contribution in [2.45, 2.75) is 38.1 Å². The zero-order chi connectivity index (χ0) is 12.3. The van der Waals surface area contributed by atoms with Gasteiger partial charge in [-0.05, 0) is 30.2 Å². The second-order valence-corrected chi connectivity index (χ2v) is 6.56. The SMILES string of the molecule is CC1CCCC(CBr)(NC(=O)c2cccs2)C1. The number of rotatable bonds is 3. The highest BCUT2D eigenvalue weighted by molar-refractivity contribution is 9.09. The first-order valence-corrected chi connectivity index (χ1v) is 8.07. The van der Waals surface area contributed by atoms with Crippen LogP contribution < -0.4 is 5.32 Å². The maximum Gasteiger partial charge on any atom is 0.261 e. The highest BCUT2D eigenvalue weighted by Crippen LogP contribution is 2.34. The highest BCUT2D eigenvalue weighted by Gasteiger charge is 2.35. The van der Waals surface area contributed by atoms with Gasteiger partial charge in [0.15, 0.2) is 0 Å². The van der Waals surface area contributed by atoms with Gasteiger partial charge >= 0.3 is 0 Å². The fourth-order valence-electron chi connectivity index (χ4n) is 2.64. The molecule has 4 heteroatoms. The first-order chi connectivity index (χ1) is 8.15. The monoisotopic (exact) mass is 315 g/mol. The minimum Gasteiger partial charge on any atom is -0.345 e. The molecule has 1 aliphatic rings. The first kappa shape index (κ1) is 13.1. The molecule has 2 unspecified atom stereocenters. The third-order valence-electron chi connectivity index (χ3n) is 3.47. The lowest BCUT2D eigenvalue weighted by molar-refractivity contribution is 0.0874. The van der Waals surface area contributed by atoms with Crippen molar-refractivity contribution in [1.29, 1.82) is 0 Å². The molecule has 0 saturated heterocycles. The zero-order valence-corrected chi connectivity index (χ0v) is 12.4. The van der Waals surface area contributed by atoms with Crippen LogP contribution in [0.4, 0.5) is 0 Å². The van der Waals surface area contributed by atoms with Gasteiger partial charge < -0.3 is 5.32 Å². The summed E-state index contributed by atoms with van der Waals surface area (Å²) in [4.78, 5) is 12.9. The molecule has 1 aromatic rings. The lowest BCUT2D eigenvalue weighted by Gasteiger charge is -2.39. The van der Waals surface area contributed by atoms with E-state index in [9.17, 15) is 4.79 Å². The van der Waals surface area contributed by atoms with E-state index in [0.717, 1.165) is 23.0 Å². The molecule has 2 nitrogen and oxygen atoms in total. The number of hydrogen-bond acceptors (Lipinski definition) is 2. The number of thiophene rings is 1. The molecule has 2 rings (SSSR count). The number of carbonyl (C=O) groups is 1. The molecule has 0 spiro atoms. The second kappa shape index (κ2) is 5.53. The molecule has 0 radical (unpaired) electrons. The van der Waals surface area contributed by atoms with Crippen molar-refractivity contribution in [3.63, 3.8) is 0 Å². The van der Waals surface area contributed by atoms with Crippen LogP contribution >= 0.6 is 27.3 Å². The smallest absolute Gasteiger partial charge is 0.261 e. The van der Waals surface area contributed by atoms with Crippen LogP contribution in [0.5, 0.6) is 0 Å². The van der Waals surface area contributed by atoms with Gasteiger partial charge in [0.1, 0.15) is 0 Å². The molecule has 0 bridgehead atoms. The molecule has 1 aromatic heterocycles. The fraction of sp³-hybridized carbons (Fsp3) is 0.615. The van der Waals surface area contributed by atoms with Gasteiger partial charge in [0.2, 0.25) is 0 Å². The molecule has 17 heavy (non-hydrogen) atoms. The molecule has 1 heterocycles. The van der Waals surface area contributed by atoms with Gasteiger partial charge in [-0.2, -0.15) is 0 Å². The first-order valence-electron chi connectivity index (χ1n) is 6.07. The Morgan fingerprint density at radius 3 is 3.12 bits per heavy atom. The molecule has 0 aliphatic heterocycles. The van der Waals surface area contributed by atoms with Crippen molar-refractivity contribution in [2.24, 2.45) is 5.92 Å². The number of halogens is 1. The second-order valence-electron chi connectivity index (χ2n) is 5.05. The predicted octanol–water partition coefficient (Wildman–Crippen LogP) is 3.82. The highest BCUT2D eigenvalue weighted by atomic mass is 79.9. The Bertz CT molecular complexity index is 379. The lowest BCUT2D eigenvalue weighted by atomic mass is 9.77. The van der Waals surface area contributed by atoms with E-state index in [2.05, 4.69) is 28.2 Å². The summed E-state index contributed by atoms with van der Waals surface area (Å²) in [5.41, 5.74) is -0.0429. The van der Waals surface area contributed by atoms with Crippen molar-refractivity contribution in [3.05, 3.63) is 22.4 Å². The van der Waals surface area contributed by atoms with E-state index < -0.39 is 0 Å². The Kier molecular flexibility index (Phi) is 4.26. The number of amides is 1. The van der Waals surface area contributed by atoms with Gasteiger partial charge in [-0.3, -0.25) is 4.79 Å². The van der Waals surface area contributed by atoms with Crippen molar-refractivity contribution >= 4 is 33.2 Å². The largest absolute Gasteiger partial charge is 0.345 e. The van der Waals surface area contributed by atoms with Crippen molar-refractivity contribution < 1.29 is 4.79 Å². The molecule has 94 valence electrons. The van der Waals surface area contributed by atoms with Crippen LogP contribution in [0.2, 0.25) is 0 Å². The number of alkyl halides is 1. The fourth-order valence-corrected chi connectivity index (χ4v) is 3.91. The van der Waals surface area contributed by atoms with Gasteiger partial charge in [0.25, 0.3) is 5.91 Å². The van der Waals surface area contributed by atoms with Gasteiger partial charge in [-0.1, -0.05) is 41.8 Å². The molecule has 1 aliphatic carbocycles. The predicted molar refractivity (Wildman–Crippen MR) is 75.9 cm³/mol. The van der Waals surface area contributed by atoms with Crippen molar-refractivity contribution in [2.75, 3.05) is 5.33 Å². The van der Waals surface area contributed by atoms with E-state index in [1.807, 2.05) is 17.5 Å². The quantitative estimate of drug-likeness (QED) is 0.844. The molecular formula is C13H18BrNOS. The Morgan fingerprint density at radius 2 is 2.53 bits per heavy atom. The van der Waals surface area contributed by atoms with E-state index in [-0.39, 0.29) is 11.4 Å². The van der Waals surface area contributed by atoms with Crippen LogP contribution in [0.25, 0.3) is 0 Å². The van der Waals surface area contributed by atoms with Crippen LogP contribution in [-0.2, 0) is 0 Å². The summed E-state index contributed by atoms with van der Waals surface area (Å²) in [6.07, 6.45) is 4.65. The molecule has 0 aromatic carbocycles. The molecule has 1 saturated carbocycles. The van der Waals surface area contributed by atoms with Gasteiger partial charge in [-0.25, -0.2) is 0 Å². The Morgan fingerprint density at radius 1 is 1.71 bits per heavy atom. The van der Waals surface area contributed by atoms with E-state index in [0.29, 0.717) is 5.92 Å². The molecule has 1 N–H and O–H groups in total. The van der Waals surface area contributed by atoms with Gasteiger partial charge in [0.05, 0.1) is 10.4 Å². The third kappa shape index (κ3) is 3.10. The van der Waals surface area contributed by atoms with Crippen LogP contribution in [0.3, 0.4) is 0 Å². The summed E-state index contributed by atoms with van der Waals surface area (Å²) < 4.78 is 0. The number of carbonyl (C=O) groups excluding carboxylic acids is 1. The average Bonchev–Trinajstić information content (AvgIpc) is 2.82. The van der Waals surface area contributed by atoms with E-state index in [4.69, 9.17) is 0 Å². The van der Waals surface area contributed by atoms with Gasteiger partial charge in [-0.15, -0.1) is 11.3 Å². The van der Waals surface area contributed by atoms with E-state index >= 15 is 0 Å². The number of nitrogens with one attached hydrogen (secondary N) is 1. The van der Waals surface area contributed by atoms with E-state index in [1.54, 1.807) is 0 Å². The molecular weight excluding hydrogens is 298 g/mol. The summed E-state index contributed by atoms with van der Waals surface area (Å²) >= 11 is 5.08. The topological polar surface area (TPSA) is 29.1 Å². The minimum atomic E-state index is -0.0429. The minimum absolute atomic E-state index is 0.0429. The molecule has 1 amide bonds. The third-order valence-corrected chi connectivity index (χ3v) is 5.41. The molecule has 2 atom stereocenters. The summed E-state index contributed by atoms with van der Waals surface area (Å²) in [5.74, 6) is 0.776. The normalized spacial score (nSPS) is 28.9. The van der Waals surface area contributed by atoms with Gasteiger partial charge in [0, 0.05) is 5.33 Å². The standard InChI is InChI=1S/C13H18BrNOS/c1-10-4-2-6-13(8-10,9-14)15-12(16)11-5-3-7-17-11/h3,5,7,10H,2,4,6,8-9H2,1H3,(H,15,16). The maximum atomic E-state index is 12.1. The van der Waals surface area contributed by atoms with Crippen LogP contribution in [0, 0.1) is 5.92 Å². The zero-order valence-electron chi connectivity index (χ0n) is 10.0. The van der Waals surface area contributed by atoms with Crippen LogP contribution in [0.1, 0.15) is 42.3 Å². The van der Waals surface area contributed by atoms with Crippen LogP contribution in [0.15, 0.2) is 17.5 Å². The maximum absolute atomic E-state index is 12.1. The summed E-state index contributed by atoms with van der Waals surface area (Å²) in [6, 6.07) is 3.80. The molecule has 1 fully saturated rings. The average molecular weight is 316 g/mol. The van der Waals surface area contributed by atoms with Crippen LogP contribution in [-0.4, -0.2) is 16.8 Å². The summed E-state index contributed by atoms with van der Waals surface area (Å²) in [5, 5.41) is 6.03.